The molecule has 0 bridgehead atoms. The second kappa shape index (κ2) is 8.88. The maximum atomic E-state index is 14.6. The minimum Gasteiger partial charge on any atom is -0.339 e. The van der Waals surface area contributed by atoms with E-state index in [1.165, 1.54) is 6.07 Å². The van der Waals surface area contributed by atoms with Crippen LogP contribution in [0.1, 0.15) is 28.8 Å². The van der Waals surface area contributed by atoms with Crippen LogP contribution in [0.15, 0.2) is 36.5 Å². The van der Waals surface area contributed by atoms with Gasteiger partial charge in [-0.25, -0.2) is 4.39 Å². The van der Waals surface area contributed by atoms with Crippen molar-refractivity contribution in [1.82, 2.24) is 20.0 Å². The number of likely N-dealkylation sites (tertiary alicyclic amines) is 2. The van der Waals surface area contributed by atoms with Gasteiger partial charge in [0.2, 0.25) is 11.8 Å². The van der Waals surface area contributed by atoms with E-state index in [4.69, 9.17) is 11.6 Å². The van der Waals surface area contributed by atoms with E-state index in [0.717, 1.165) is 21.9 Å². The number of fused-ring (bicyclic) bond motifs is 3. The van der Waals surface area contributed by atoms with E-state index in [2.05, 4.69) is 10.2 Å². The van der Waals surface area contributed by atoms with Crippen LogP contribution in [0.2, 0.25) is 5.02 Å². The fourth-order valence-corrected chi connectivity index (χ4v) is 6.18. The van der Waals surface area contributed by atoms with E-state index in [1.807, 2.05) is 0 Å². The van der Waals surface area contributed by atoms with Gasteiger partial charge in [-0.1, -0.05) is 11.6 Å². The summed E-state index contributed by atoms with van der Waals surface area (Å²) < 4.78 is 69.4. The lowest BCUT2D eigenvalue weighted by Gasteiger charge is -2.38. The van der Waals surface area contributed by atoms with E-state index in [9.17, 15) is 36.3 Å². The van der Waals surface area contributed by atoms with Crippen LogP contribution in [-0.2, 0) is 15.0 Å². The molecule has 3 aliphatic heterocycles. The van der Waals surface area contributed by atoms with Gasteiger partial charge < -0.3 is 14.7 Å². The lowest BCUT2D eigenvalue weighted by atomic mass is 9.73. The van der Waals surface area contributed by atoms with Crippen molar-refractivity contribution in [2.75, 3.05) is 37.6 Å². The fraction of sp³-hybridized carbons (Fsp3) is 0.385. The van der Waals surface area contributed by atoms with Gasteiger partial charge in [0.25, 0.3) is 5.91 Å². The molecule has 3 aromatic rings. The summed E-state index contributed by atoms with van der Waals surface area (Å²) in [5.74, 6) is -11.6. The number of nitrogens with one attached hydrogen (secondary N) is 1. The summed E-state index contributed by atoms with van der Waals surface area (Å²) in [6.45, 7) is -3.55. The zero-order chi connectivity index (χ0) is 28.6. The van der Waals surface area contributed by atoms with E-state index in [-0.39, 0.29) is 48.1 Å². The lowest BCUT2D eigenvalue weighted by Crippen LogP contribution is -2.51. The van der Waals surface area contributed by atoms with Gasteiger partial charge in [0, 0.05) is 29.6 Å². The van der Waals surface area contributed by atoms with Crippen LogP contribution < -0.4 is 4.90 Å². The van der Waals surface area contributed by atoms with E-state index >= 15 is 0 Å². The summed E-state index contributed by atoms with van der Waals surface area (Å²) in [6.07, 6.45) is 1.68. The molecule has 14 heteroatoms. The molecule has 3 amide bonds. The van der Waals surface area contributed by atoms with Gasteiger partial charge in [-0.05, 0) is 43.2 Å². The molecule has 0 atom stereocenters. The third-order valence-electron chi connectivity index (χ3n) is 8.05. The number of hydrogen-bond donors (Lipinski definition) is 1. The predicted molar refractivity (Wildman–Crippen MR) is 133 cm³/mol. The Bertz CT molecular complexity index is 1550. The van der Waals surface area contributed by atoms with Crippen LogP contribution in [0.5, 0.6) is 0 Å². The molecule has 2 fully saturated rings. The molecule has 2 aromatic carbocycles. The number of nitrogens with zero attached hydrogens (tertiary/aromatic N) is 4. The molecule has 2 saturated heterocycles. The molecule has 210 valence electrons. The highest BCUT2D eigenvalue weighted by Crippen LogP contribution is 2.52. The number of anilines is 1. The first-order chi connectivity index (χ1) is 18.8. The first-order valence-electron chi connectivity index (χ1n) is 12.4. The molecular formula is C26H21ClF5N5O3. The zero-order valence-corrected chi connectivity index (χ0v) is 21.5. The molecule has 4 heterocycles. The quantitative estimate of drug-likeness (QED) is 0.474. The predicted octanol–water partition coefficient (Wildman–Crippen LogP) is 3.99. The molecule has 1 spiro atoms. The highest BCUT2D eigenvalue weighted by Gasteiger charge is 2.64. The number of H-pyrrole nitrogens is 1. The maximum Gasteiger partial charge on any atom is 0.329 e. The molecule has 40 heavy (non-hydrogen) atoms. The lowest BCUT2D eigenvalue weighted by molar-refractivity contribution is -0.172. The van der Waals surface area contributed by atoms with Crippen molar-refractivity contribution in [2.24, 2.45) is 0 Å². The zero-order valence-electron chi connectivity index (χ0n) is 20.7. The van der Waals surface area contributed by atoms with Gasteiger partial charge in [-0.2, -0.15) is 22.7 Å². The third kappa shape index (κ3) is 3.85. The Hall–Kier alpha value is -3.74. The van der Waals surface area contributed by atoms with E-state index in [0.29, 0.717) is 10.5 Å². The Labute approximate surface area is 228 Å². The number of aromatic nitrogens is 2. The van der Waals surface area contributed by atoms with Crippen molar-refractivity contribution in [3.8, 4) is 0 Å². The summed E-state index contributed by atoms with van der Waals surface area (Å²) >= 11 is 6.33. The second-order valence-corrected chi connectivity index (χ2v) is 10.7. The second-order valence-electron chi connectivity index (χ2n) is 10.4. The SMILES string of the molecule is O=C(CN1C(=O)C2(CCN(C(=O)c3ccc4[nH]ncc4c3)CC2)c2c1ccc(F)c2Cl)N1CC(F)(F)C(F)(F)C1. The van der Waals surface area contributed by atoms with Crippen molar-refractivity contribution in [3.63, 3.8) is 0 Å². The number of carbonyl (C=O) groups is 3. The highest BCUT2D eigenvalue weighted by atomic mass is 35.5. The monoisotopic (exact) mass is 581 g/mol. The third-order valence-corrected chi connectivity index (χ3v) is 8.42. The van der Waals surface area contributed by atoms with Crippen LogP contribution >= 0.6 is 11.6 Å². The number of alkyl halides is 4. The normalized spacial score (nSPS) is 20.9. The highest BCUT2D eigenvalue weighted by molar-refractivity contribution is 6.33. The van der Waals surface area contributed by atoms with Crippen LogP contribution in [0.25, 0.3) is 10.9 Å². The smallest absolute Gasteiger partial charge is 0.329 e. The average molecular weight is 582 g/mol. The molecule has 1 N–H and O–H groups in total. The fourth-order valence-electron chi connectivity index (χ4n) is 5.84. The van der Waals surface area contributed by atoms with Gasteiger partial charge in [0.15, 0.2) is 0 Å². The van der Waals surface area contributed by atoms with Gasteiger partial charge in [-0.15, -0.1) is 0 Å². The maximum absolute atomic E-state index is 14.6. The first-order valence-corrected chi connectivity index (χ1v) is 12.8. The number of amides is 3. The Kier molecular flexibility index (Phi) is 5.88. The van der Waals surface area contributed by atoms with Crippen molar-refractivity contribution >= 4 is 45.9 Å². The van der Waals surface area contributed by atoms with Crippen LogP contribution in [0.4, 0.5) is 27.6 Å². The van der Waals surface area contributed by atoms with E-state index < -0.39 is 54.5 Å². The summed E-state index contributed by atoms with van der Waals surface area (Å²) in [5, 5.41) is 7.16. The summed E-state index contributed by atoms with van der Waals surface area (Å²) in [7, 11) is 0. The molecule has 6 rings (SSSR count). The molecule has 0 radical (unpaired) electrons. The number of aromatic amines is 1. The average Bonchev–Trinajstić information content (AvgIpc) is 3.54. The molecule has 3 aliphatic rings. The number of carbonyl (C=O) groups excluding carboxylic acids is 3. The number of halogens is 6. The van der Waals surface area contributed by atoms with Gasteiger partial charge >= 0.3 is 11.8 Å². The summed E-state index contributed by atoms with van der Waals surface area (Å²) in [4.78, 5) is 42.7. The van der Waals surface area contributed by atoms with Crippen LogP contribution in [0.3, 0.4) is 0 Å². The van der Waals surface area contributed by atoms with Gasteiger partial charge in [-0.3, -0.25) is 19.5 Å². The summed E-state index contributed by atoms with van der Waals surface area (Å²) in [5.41, 5.74) is 0.0241. The van der Waals surface area contributed by atoms with Crippen molar-refractivity contribution < 1.29 is 36.3 Å². The first kappa shape index (κ1) is 26.5. The largest absolute Gasteiger partial charge is 0.339 e. The molecule has 1 aromatic heterocycles. The van der Waals surface area contributed by atoms with Crippen molar-refractivity contribution in [2.45, 2.75) is 30.1 Å². The van der Waals surface area contributed by atoms with Crippen molar-refractivity contribution in [3.05, 3.63) is 58.5 Å². The topological polar surface area (TPSA) is 89.6 Å². The molecule has 0 aliphatic carbocycles. The Morgan fingerprint density at radius 2 is 1.68 bits per heavy atom. The van der Waals surface area contributed by atoms with Gasteiger partial charge in [0.1, 0.15) is 12.4 Å². The minimum atomic E-state index is -4.40. The Morgan fingerprint density at radius 1 is 1.00 bits per heavy atom. The number of rotatable bonds is 3. The minimum absolute atomic E-state index is 0.0479. The van der Waals surface area contributed by atoms with Crippen LogP contribution in [-0.4, -0.2) is 82.3 Å². The molecule has 8 nitrogen and oxygen atoms in total. The number of piperidine rings is 1. The number of hydrogen-bond acceptors (Lipinski definition) is 4. The standard InChI is InChI=1S/C26H21ClF5N5O3/c27-21-16(28)2-4-18-20(21)24(23(40)37(18)11-19(38)36-12-25(29,30)26(31,32)13-36)5-7-35(8-6-24)22(39)14-1-3-17-15(9-14)10-33-34-17/h1-4,9-10H,5-8,11-13H2,(H,33,34). The Morgan fingerprint density at radius 3 is 2.35 bits per heavy atom. The molecule has 0 unspecified atom stereocenters. The van der Waals surface area contributed by atoms with Crippen LogP contribution in [0, 0.1) is 5.82 Å². The summed E-state index contributed by atoms with van der Waals surface area (Å²) in [6, 6.07) is 7.32. The van der Waals surface area contributed by atoms with E-state index in [1.54, 1.807) is 29.3 Å². The van der Waals surface area contributed by atoms with Crippen molar-refractivity contribution in [1.29, 1.82) is 0 Å². The Balaban J connectivity index is 1.26. The molecular weight excluding hydrogens is 561 g/mol. The molecule has 0 saturated carbocycles. The van der Waals surface area contributed by atoms with Gasteiger partial charge in [0.05, 0.1) is 40.9 Å². The number of benzene rings is 2.